The van der Waals surface area contributed by atoms with E-state index in [4.69, 9.17) is 24.7 Å². The van der Waals surface area contributed by atoms with E-state index in [0.29, 0.717) is 29.0 Å². The Balaban J connectivity index is 3.31. The fourth-order valence-electron chi connectivity index (χ4n) is 1.89. The molecule has 0 aliphatic heterocycles. The smallest absolute Gasteiger partial charge is 0.315 e. The van der Waals surface area contributed by atoms with Crippen LogP contribution in [0.15, 0.2) is 0 Å². The molecule has 0 rings (SSSR count). The van der Waals surface area contributed by atoms with Gasteiger partial charge in [0.05, 0.1) is 31.3 Å². The number of aliphatic hydroxyl groups is 2. The molecule has 214 valence electrons. The minimum Gasteiger partial charge on any atom is -0.616 e. The second-order valence-electron chi connectivity index (χ2n) is 6.35. The van der Waals surface area contributed by atoms with Gasteiger partial charge in [-0.25, -0.2) is 9.78 Å². The Morgan fingerprint density at radius 1 is 0.694 bits per heavy atom. The quantitative estimate of drug-likeness (QED) is 0.0318. The number of thioether (sulfide) groups is 7. The molecule has 36 heavy (non-hydrogen) atoms. The highest BCUT2D eigenvalue weighted by atomic mass is 32.3. The van der Waals surface area contributed by atoms with Crippen LogP contribution in [0, 0.1) is 0 Å². The Hall–Kier alpha value is 1.74. The Morgan fingerprint density at radius 2 is 1.31 bits per heavy atom. The minimum absolute atomic E-state index is 0.0470. The summed E-state index contributed by atoms with van der Waals surface area (Å²) < 4.78 is 16.8. The van der Waals surface area contributed by atoms with Crippen molar-refractivity contribution in [2.24, 2.45) is 0 Å². The third-order valence-corrected chi connectivity index (χ3v) is 13.5. The number of aliphatic hydroxyl groups excluding tert-OH is 2. The van der Waals surface area contributed by atoms with E-state index in [2.05, 4.69) is 0 Å². The number of rotatable bonds is 28. The van der Waals surface area contributed by atoms with Gasteiger partial charge >= 0.3 is 5.97 Å². The zero-order valence-electron chi connectivity index (χ0n) is 20.3. The van der Waals surface area contributed by atoms with Crippen LogP contribution < -0.4 is 0 Å². The average Bonchev–Trinajstić information content (AvgIpc) is 2.87. The maximum Gasteiger partial charge on any atom is 0.315 e. The maximum absolute atomic E-state index is 12.0. The van der Waals surface area contributed by atoms with Crippen LogP contribution in [0.1, 0.15) is 0 Å². The standard InChI is InChI=1S/C20H38O8S8/c21-1-3-26-19(23)15-31-9-8-30-13-14-36(25)18-34-12-11-33-17-35-20(24)16-32-10-7-29-6-5-28-27-4-2-22/h21-22H,1-18H2. The van der Waals surface area contributed by atoms with Crippen molar-refractivity contribution >= 4 is 105 Å². The van der Waals surface area contributed by atoms with Crippen molar-refractivity contribution < 1.29 is 38.9 Å². The first-order chi connectivity index (χ1) is 17.6. The fourth-order valence-corrected chi connectivity index (χ4v) is 10.8. The van der Waals surface area contributed by atoms with E-state index in [1.165, 1.54) is 23.5 Å². The van der Waals surface area contributed by atoms with Gasteiger partial charge in [0.25, 0.3) is 0 Å². The van der Waals surface area contributed by atoms with Gasteiger partial charge in [-0.2, -0.15) is 35.3 Å². The lowest BCUT2D eigenvalue weighted by Crippen LogP contribution is -2.12. The minimum atomic E-state index is -0.820. The average molecular weight is 663 g/mol. The van der Waals surface area contributed by atoms with Crippen LogP contribution in [-0.2, 0) is 35.3 Å². The SMILES string of the molecule is O=C(CSCCSCC[S+]([O-])CSCCSCSC(=O)CSCCSCCOOCCO)OCCO. The molecule has 0 aliphatic rings. The van der Waals surface area contributed by atoms with E-state index in [9.17, 15) is 14.1 Å². The number of hydrogen-bond donors (Lipinski definition) is 2. The van der Waals surface area contributed by atoms with Crippen LogP contribution in [0.5, 0.6) is 0 Å². The molecular formula is C20H38O8S8. The molecule has 1 atom stereocenters. The second-order valence-corrected chi connectivity index (χ2v) is 16.6. The van der Waals surface area contributed by atoms with Gasteiger partial charge < -0.3 is 19.5 Å². The van der Waals surface area contributed by atoms with Gasteiger partial charge in [0, 0.05) is 51.1 Å². The van der Waals surface area contributed by atoms with E-state index in [1.54, 1.807) is 58.8 Å². The number of carbonyl (C=O) groups is 2. The molecule has 0 saturated heterocycles. The first-order valence-electron chi connectivity index (χ1n) is 11.2. The largest absolute Gasteiger partial charge is 0.616 e. The van der Waals surface area contributed by atoms with Crippen molar-refractivity contribution in [1.82, 2.24) is 0 Å². The van der Waals surface area contributed by atoms with Crippen LogP contribution >= 0.6 is 82.3 Å². The zero-order chi connectivity index (χ0) is 26.5. The molecule has 0 aromatic rings. The Bertz CT molecular complexity index is 510. The highest BCUT2D eigenvalue weighted by Gasteiger charge is 2.08. The summed E-state index contributed by atoms with van der Waals surface area (Å²) in [5.74, 6) is 8.40. The van der Waals surface area contributed by atoms with Crippen molar-refractivity contribution in [2.45, 2.75) is 0 Å². The molecule has 0 radical (unpaired) electrons. The molecule has 0 saturated carbocycles. The van der Waals surface area contributed by atoms with E-state index in [0.717, 1.165) is 51.1 Å². The second kappa shape index (κ2) is 31.3. The van der Waals surface area contributed by atoms with E-state index < -0.39 is 11.2 Å². The maximum atomic E-state index is 12.0. The predicted molar refractivity (Wildman–Crippen MR) is 167 cm³/mol. The Kier molecular flexibility index (Phi) is 32.8. The highest BCUT2D eigenvalue weighted by Crippen LogP contribution is 2.18. The van der Waals surface area contributed by atoms with E-state index >= 15 is 0 Å². The van der Waals surface area contributed by atoms with Gasteiger partial charge in [-0.05, 0) is 11.2 Å². The van der Waals surface area contributed by atoms with Crippen molar-refractivity contribution in [2.75, 3.05) is 106 Å². The monoisotopic (exact) mass is 662 g/mol. The Labute approximate surface area is 248 Å². The molecule has 0 fully saturated rings. The van der Waals surface area contributed by atoms with Gasteiger partial charge in [0.15, 0.2) is 10.2 Å². The van der Waals surface area contributed by atoms with Crippen molar-refractivity contribution in [1.29, 1.82) is 0 Å². The number of esters is 1. The Morgan fingerprint density at radius 3 is 2.06 bits per heavy atom. The molecule has 8 nitrogen and oxygen atoms in total. The first kappa shape index (κ1) is 37.7. The van der Waals surface area contributed by atoms with Gasteiger partial charge in [-0.1, -0.05) is 11.8 Å². The van der Waals surface area contributed by atoms with Gasteiger partial charge in [-0.3, -0.25) is 9.59 Å². The normalized spacial score (nSPS) is 12.1. The molecule has 0 spiro atoms. The third kappa shape index (κ3) is 30.3. The molecule has 0 heterocycles. The number of carbonyl (C=O) groups excluding carboxylic acids is 2. The molecule has 0 amide bonds. The summed E-state index contributed by atoms with van der Waals surface area (Å²) in [6.45, 7) is 0.538. The lowest BCUT2D eigenvalue weighted by atomic mass is 10.7. The lowest BCUT2D eigenvalue weighted by Gasteiger charge is -2.10. The molecule has 2 N–H and O–H groups in total. The molecular weight excluding hydrogens is 625 g/mol. The van der Waals surface area contributed by atoms with E-state index in [1.807, 2.05) is 0 Å². The van der Waals surface area contributed by atoms with Crippen molar-refractivity contribution in [3.63, 3.8) is 0 Å². The topological polar surface area (TPSA) is 125 Å². The highest BCUT2D eigenvalue weighted by molar-refractivity contribution is 8.25. The van der Waals surface area contributed by atoms with Gasteiger partial charge in [0.1, 0.15) is 19.0 Å². The molecule has 1 unspecified atom stereocenters. The van der Waals surface area contributed by atoms with Crippen LogP contribution in [0.3, 0.4) is 0 Å². The number of hydrogen-bond acceptors (Lipinski definition) is 15. The summed E-state index contributed by atoms with van der Waals surface area (Å²) in [6, 6.07) is 0. The van der Waals surface area contributed by atoms with Crippen LogP contribution in [0.25, 0.3) is 0 Å². The molecule has 0 aromatic carbocycles. The number of ether oxygens (including phenoxy) is 1. The predicted octanol–water partition coefficient (Wildman–Crippen LogP) is 2.79. The van der Waals surface area contributed by atoms with Gasteiger partial charge in [0.2, 0.25) is 0 Å². The molecule has 0 aromatic heterocycles. The summed E-state index contributed by atoms with van der Waals surface area (Å²) >= 11 is 10.6. The lowest BCUT2D eigenvalue weighted by molar-refractivity contribution is -0.293. The zero-order valence-corrected chi connectivity index (χ0v) is 26.9. The van der Waals surface area contributed by atoms with Crippen LogP contribution in [0.4, 0.5) is 0 Å². The molecule has 16 heteroatoms. The van der Waals surface area contributed by atoms with Crippen molar-refractivity contribution in [3.05, 3.63) is 0 Å². The van der Waals surface area contributed by atoms with Crippen LogP contribution in [0.2, 0.25) is 0 Å². The summed E-state index contributed by atoms with van der Waals surface area (Å²) in [5.41, 5.74) is 0. The van der Waals surface area contributed by atoms with Crippen LogP contribution in [-0.4, -0.2) is 132 Å². The molecule has 0 bridgehead atoms. The molecule has 0 aliphatic carbocycles. The summed E-state index contributed by atoms with van der Waals surface area (Å²) in [7, 11) is 0. The summed E-state index contributed by atoms with van der Waals surface area (Å²) in [5, 5.41) is 18.7. The van der Waals surface area contributed by atoms with E-state index in [-0.39, 0.29) is 37.5 Å². The summed E-state index contributed by atoms with van der Waals surface area (Å²) in [4.78, 5) is 32.7. The fraction of sp³-hybridized carbons (Fsp3) is 0.900. The van der Waals surface area contributed by atoms with Crippen molar-refractivity contribution in [3.8, 4) is 0 Å². The third-order valence-electron chi connectivity index (χ3n) is 3.45. The summed E-state index contributed by atoms with van der Waals surface area (Å²) in [6.07, 6.45) is 0. The van der Waals surface area contributed by atoms with Gasteiger partial charge in [-0.15, -0.1) is 35.3 Å². The first-order valence-corrected chi connectivity index (χ1v) is 20.6.